The highest BCUT2D eigenvalue weighted by Gasteiger charge is 2.31. The van der Waals surface area contributed by atoms with Gasteiger partial charge in [-0.2, -0.15) is 0 Å². The molecule has 1 aromatic carbocycles. The highest BCUT2D eigenvalue weighted by molar-refractivity contribution is 7.80. The lowest BCUT2D eigenvalue weighted by Crippen LogP contribution is -2.36. The van der Waals surface area contributed by atoms with Crippen LogP contribution in [0, 0.1) is 13.8 Å². The number of pyridine rings is 1. The molecule has 114 valence electrons. The first-order valence-electron chi connectivity index (χ1n) is 7.68. The van der Waals surface area contributed by atoms with Gasteiger partial charge >= 0.3 is 0 Å². The summed E-state index contributed by atoms with van der Waals surface area (Å²) < 4.78 is 0. The van der Waals surface area contributed by atoms with Gasteiger partial charge < -0.3 is 10.2 Å². The molecule has 1 aliphatic carbocycles. The average Bonchev–Trinajstić information content (AvgIpc) is 3.35. The molecule has 22 heavy (non-hydrogen) atoms. The largest absolute Gasteiger partial charge is 0.342 e. The molecule has 0 amide bonds. The lowest BCUT2D eigenvalue weighted by Gasteiger charge is -2.26. The number of hydrogen-bond acceptors (Lipinski definition) is 2. The van der Waals surface area contributed by atoms with Gasteiger partial charge in [-0.05, 0) is 67.7 Å². The van der Waals surface area contributed by atoms with Crippen molar-refractivity contribution in [3.8, 4) is 0 Å². The Morgan fingerprint density at radius 2 is 2.09 bits per heavy atom. The van der Waals surface area contributed by atoms with E-state index in [0.717, 1.165) is 17.3 Å². The Morgan fingerprint density at radius 1 is 1.27 bits per heavy atom. The highest BCUT2D eigenvalue weighted by atomic mass is 32.1. The second-order valence-electron chi connectivity index (χ2n) is 5.90. The van der Waals surface area contributed by atoms with Crippen molar-refractivity contribution in [1.29, 1.82) is 0 Å². The van der Waals surface area contributed by atoms with Gasteiger partial charge in [-0.15, -0.1) is 0 Å². The summed E-state index contributed by atoms with van der Waals surface area (Å²) in [7, 11) is 0. The number of aromatic nitrogens is 1. The SMILES string of the molecule is Cc1cccc(NC(=S)N(Cc2cccnc2)C2CC2)c1C. The fourth-order valence-electron chi connectivity index (χ4n) is 2.51. The number of aryl methyl sites for hydroxylation is 1. The predicted molar refractivity (Wildman–Crippen MR) is 94.9 cm³/mol. The molecule has 0 aliphatic heterocycles. The fraction of sp³-hybridized carbons (Fsp3) is 0.333. The zero-order chi connectivity index (χ0) is 15.5. The fourth-order valence-corrected chi connectivity index (χ4v) is 2.84. The molecule has 1 heterocycles. The summed E-state index contributed by atoms with van der Waals surface area (Å²) in [5, 5.41) is 4.24. The third-order valence-corrected chi connectivity index (χ3v) is 4.51. The van der Waals surface area contributed by atoms with Gasteiger partial charge in [0.15, 0.2) is 5.11 Å². The minimum absolute atomic E-state index is 0.560. The van der Waals surface area contributed by atoms with Crippen LogP contribution in [0.2, 0.25) is 0 Å². The van der Waals surface area contributed by atoms with Crippen LogP contribution in [0.5, 0.6) is 0 Å². The Hall–Kier alpha value is -1.94. The van der Waals surface area contributed by atoms with Gasteiger partial charge in [-0.25, -0.2) is 0 Å². The minimum atomic E-state index is 0.560. The molecular formula is C18H21N3S. The van der Waals surface area contributed by atoms with E-state index in [0.29, 0.717) is 6.04 Å². The molecule has 0 spiro atoms. The number of nitrogens with one attached hydrogen (secondary N) is 1. The van der Waals surface area contributed by atoms with Crippen molar-refractivity contribution in [3.05, 3.63) is 59.4 Å². The molecule has 1 N–H and O–H groups in total. The van der Waals surface area contributed by atoms with Gasteiger partial charge in [0.2, 0.25) is 0 Å². The maximum atomic E-state index is 5.67. The molecule has 2 aromatic rings. The topological polar surface area (TPSA) is 28.2 Å². The summed E-state index contributed by atoms with van der Waals surface area (Å²) in [6, 6.07) is 10.9. The van der Waals surface area contributed by atoms with Crippen LogP contribution in [0.1, 0.15) is 29.5 Å². The smallest absolute Gasteiger partial charge is 0.173 e. The van der Waals surface area contributed by atoms with Gasteiger partial charge in [0.05, 0.1) is 0 Å². The molecule has 1 saturated carbocycles. The van der Waals surface area contributed by atoms with Gasteiger partial charge in [0.1, 0.15) is 0 Å². The molecule has 1 aliphatic rings. The van der Waals surface area contributed by atoms with Crippen molar-refractivity contribution < 1.29 is 0 Å². The summed E-state index contributed by atoms with van der Waals surface area (Å²) in [5.41, 5.74) is 4.82. The molecule has 4 heteroatoms. The van der Waals surface area contributed by atoms with E-state index in [1.165, 1.54) is 29.5 Å². The predicted octanol–water partition coefficient (Wildman–Crippen LogP) is 4.06. The Kier molecular flexibility index (Phi) is 4.39. The van der Waals surface area contributed by atoms with Gasteiger partial charge in [-0.1, -0.05) is 18.2 Å². The Balaban J connectivity index is 1.74. The molecule has 3 nitrogen and oxygen atoms in total. The number of rotatable bonds is 4. The molecule has 1 fully saturated rings. The summed E-state index contributed by atoms with van der Waals surface area (Å²) in [6.45, 7) is 5.07. The third kappa shape index (κ3) is 3.45. The second-order valence-corrected chi connectivity index (χ2v) is 6.28. The van der Waals surface area contributed by atoms with Gasteiger partial charge in [0, 0.05) is 30.7 Å². The molecule has 0 bridgehead atoms. The van der Waals surface area contributed by atoms with E-state index in [1.807, 2.05) is 12.3 Å². The quantitative estimate of drug-likeness (QED) is 0.862. The first-order chi connectivity index (χ1) is 10.6. The van der Waals surface area contributed by atoms with Crippen LogP contribution in [0.25, 0.3) is 0 Å². The van der Waals surface area contributed by atoms with E-state index in [9.17, 15) is 0 Å². The van der Waals surface area contributed by atoms with Crippen LogP contribution in [-0.4, -0.2) is 21.0 Å². The number of hydrogen-bond donors (Lipinski definition) is 1. The van der Waals surface area contributed by atoms with Crippen LogP contribution < -0.4 is 5.32 Å². The molecule has 0 radical (unpaired) electrons. The van der Waals surface area contributed by atoms with Crippen LogP contribution in [-0.2, 0) is 6.54 Å². The lowest BCUT2D eigenvalue weighted by molar-refractivity contribution is 0.409. The number of thiocarbonyl (C=S) groups is 1. The van der Waals surface area contributed by atoms with E-state index >= 15 is 0 Å². The molecule has 1 aromatic heterocycles. The molecular weight excluding hydrogens is 290 g/mol. The van der Waals surface area contributed by atoms with Crippen molar-refractivity contribution in [2.24, 2.45) is 0 Å². The zero-order valence-corrected chi connectivity index (χ0v) is 13.9. The van der Waals surface area contributed by atoms with Crippen LogP contribution in [0.15, 0.2) is 42.7 Å². The summed E-state index contributed by atoms with van der Waals surface area (Å²) in [4.78, 5) is 6.48. The normalized spacial score (nSPS) is 13.7. The zero-order valence-electron chi connectivity index (χ0n) is 13.0. The highest BCUT2D eigenvalue weighted by Crippen LogP contribution is 2.29. The van der Waals surface area contributed by atoms with Crippen molar-refractivity contribution >= 4 is 23.0 Å². The van der Waals surface area contributed by atoms with Crippen LogP contribution in [0.4, 0.5) is 5.69 Å². The summed E-state index contributed by atoms with van der Waals surface area (Å²) >= 11 is 5.67. The number of nitrogens with zero attached hydrogens (tertiary/aromatic N) is 2. The Morgan fingerprint density at radius 3 is 2.77 bits per heavy atom. The molecule has 0 unspecified atom stereocenters. The van der Waals surface area contributed by atoms with Gasteiger partial charge in [-0.3, -0.25) is 4.98 Å². The molecule has 3 rings (SSSR count). The Labute approximate surface area is 137 Å². The monoisotopic (exact) mass is 311 g/mol. The first-order valence-corrected chi connectivity index (χ1v) is 8.08. The third-order valence-electron chi connectivity index (χ3n) is 4.17. The standard InChI is InChI=1S/C18H21N3S/c1-13-5-3-7-17(14(13)2)20-18(22)21(16-8-9-16)12-15-6-4-10-19-11-15/h3-7,10-11,16H,8-9,12H2,1-2H3,(H,20,22). The van der Waals surface area contributed by atoms with Crippen molar-refractivity contribution in [2.75, 3.05) is 5.32 Å². The van der Waals surface area contributed by atoms with E-state index in [1.54, 1.807) is 6.20 Å². The summed E-state index contributed by atoms with van der Waals surface area (Å²) in [6.07, 6.45) is 6.15. The maximum Gasteiger partial charge on any atom is 0.173 e. The summed E-state index contributed by atoms with van der Waals surface area (Å²) in [5.74, 6) is 0. The first kappa shape index (κ1) is 15.0. The van der Waals surface area contributed by atoms with E-state index in [4.69, 9.17) is 12.2 Å². The van der Waals surface area contributed by atoms with Gasteiger partial charge in [0.25, 0.3) is 0 Å². The van der Waals surface area contributed by atoms with E-state index in [2.05, 4.69) is 53.3 Å². The van der Waals surface area contributed by atoms with Crippen LogP contribution >= 0.6 is 12.2 Å². The second kappa shape index (κ2) is 6.44. The van der Waals surface area contributed by atoms with E-state index < -0.39 is 0 Å². The van der Waals surface area contributed by atoms with Crippen LogP contribution in [0.3, 0.4) is 0 Å². The minimum Gasteiger partial charge on any atom is -0.342 e. The molecule has 0 saturated heterocycles. The van der Waals surface area contributed by atoms with Crippen molar-refractivity contribution in [3.63, 3.8) is 0 Å². The van der Waals surface area contributed by atoms with Crippen molar-refractivity contribution in [2.45, 2.75) is 39.3 Å². The average molecular weight is 311 g/mol. The maximum absolute atomic E-state index is 5.67. The van der Waals surface area contributed by atoms with Crippen molar-refractivity contribution in [1.82, 2.24) is 9.88 Å². The number of benzene rings is 1. The number of anilines is 1. The van der Waals surface area contributed by atoms with E-state index in [-0.39, 0.29) is 0 Å². The Bertz CT molecular complexity index is 665. The molecule has 0 atom stereocenters. The lowest BCUT2D eigenvalue weighted by atomic mass is 10.1.